The topological polar surface area (TPSA) is 79.5 Å². The van der Waals surface area contributed by atoms with Crippen LogP contribution in [0, 0.1) is 0 Å². The number of rotatable bonds is 3. The number of aliphatic carboxylic acids is 1. The number of benzene rings is 1. The molecule has 0 fully saturated rings. The first-order valence-corrected chi connectivity index (χ1v) is 5.62. The molecule has 0 unspecified atom stereocenters. The summed E-state index contributed by atoms with van der Waals surface area (Å²) < 4.78 is 1.56. The van der Waals surface area contributed by atoms with E-state index in [4.69, 9.17) is 10.2 Å². The maximum atomic E-state index is 10.7. The van der Waals surface area contributed by atoms with Crippen LogP contribution in [-0.2, 0) is 11.3 Å². The Kier molecular flexibility index (Phi) is 4.48. The molecule has 0 bridgehead atoms. The van der Waals surface area contributed by atoms with E-state index in [9.17, 15) is 9.59 Å². The molecule has 1 heterocycles. The summed E-state index contributed by atoms with van der Waals surface area (Å²) in [5.41, 5.74) is 0.910. The van der Waals surface area contributed by atoms with E-state index in [1.165, 1.54) is 12.1 Å². The fourth-order valence-electron chi connectivity index (χ4n) is 1.62. The highest BCUT2D eigenvalue weighted by atomic mass is 16.4. The van der Waals surface area contributed by atoms with Crippen LogP contribution in [0.5, 0.6) is 0 Å². The average molecular weight is 249 g/mol. The normalized spacial score (nSPS) is 9.67. The second-order valence-corrected chi connectivity index (χ2v) is 3.42. The molecule has 1 aromatic carbocycles. The second kappa shape index (κ2) is 5.86. The van der Waals surface area contributed by atoms with Crippen molar-refractivity contribution in [3.63, 3.8) is 0 Å². The summed E-state index contributed by atoms with van der Waals surface area (Å²) in [7, 11) is 0. The molecule has 0 saturated carbocycles. The van der Waals surface area contributed by atoms with E-state index >= 15 is 0 Å². The lowest BCUT2D eigenvalue weighted by molar-refractivity contribution is -0.137. The monoisotopic (exact) mass is 249 g/mol. The van der Waals surface area contributed by atoms with E-state index in [0.717, 1.165) is 5.39 Å². The molecule has 2 rings (SSSR count). The minimum Gasteiger partial charge on any atom is -0.480 e. The van der Waals surface area contributed by atoms with Crippen molar-refractivity contribution in [1.29, 1.82) is 0 Å². The molecule has 0 saturated heterocycles. The van der Waals surface area contributed by atoms with E-state index < -0.39 is 11.9 Å². The van der Waals surface area contributed by atoms with Crippen LogP contribution in [0.4, 0.5) is 0 Å². The van der Waals surface area contributed by atoms with Gasteiger partial charge in [0, 0.05) is 17.1 Å². The lowest BCUT2D eigenvalue weighted by Gasteiger charge is -2.01. The standard InChI is InChI=1S/C11H9NO4.C2H6/c13-10(14)6-12-4-3-7-5-8(11(15)16)1-2-9(7)12;1-2/h1-5H,6H2,(H,13,14)(H,15,16);1-2H3. The first-order chi connectivity index (χ1) is 8.58. The number of carboxylic acids is 2. The number of aromatic carboxylic acids is 1. The predicted molar refractivity (Wildman–Crippen MR) is 67.9 cm³/mol. The fraction of sp³-hybridized carbons (Fsp3) is 0.231. The molecule has 5 heteroatoms. The highest BCUT2D eigenvalue weighted by Crippen LogP contribution is 2.17. The summed E-state index contributed by atoms with van der Waals surface area (Å²) >= 11 is 0. The molecule has 18 heavy (non-hydrogen) atoms. The van der Waals surface area contributed by atoms with Crippen molar-refractivity contribution in [3.05, 3.63) is 36.0 Å². The van der Waals surface area contributed by atoms with Crippen molar-refractivity contribution in [2.75, 3.05) is 0 Å². The Balaban J connectivity index is 0.000000771. The molecular weight excluding hydrogens is 234 g/mol. The Labute approximate surface area is 104 Å². The van der Waals surface area contributed by atoms with E-state index in [2.05, 4.69) is 0 Å². The number of aromatic nitrogens is 1. The van der Waals surface area contributed by atoms with Gasteiger partial charge in [-0.15, -0.1) is 0 Å². The van der Waals surface area contributed by atoms with Gasteiger partial charge in [-0.3, -0.25) is 4.79 Å². The Morgan fingerprint density at radius 3 is 2.39 bits per heavy atom. The Morgan fingerprint density at radius 2 is 1.83 bits per heavy atom. The van der Waals surface area contributed by atoms with E-state index in [-0.39, 0.29) is 12.1 Å². The lowest BCUT2D eigenvalue weighted by Crippen LogP contribution is -2.07. The molecule has 1 aromatic heterocycles. The van der Waals surface area contributed by atoms with Gasteiger partial charge in [-0.05, 0) is 24.3 Å². The van der Waals surface area contributed by atoms with Crippen LogP contribution >= 0.6 is 0 Å². The maximum absolute atomic E-state index is 10.7. The van der Waals surface area contributed by atoms with Crippen LogP contribution in [0.2, 0.25) is 0 Å². The molecule has 2 N–H and O–H groups in total. The van der Waals surface area contributed by atoms with Crippen molar-refractivity contribution in [1.82, 2.24) is 4.57 Å². The number of hydrogen-bond acceptors (Lipinski definition) is 2. The molecule has 2 aromatic rings. The lowest BCUT2D eigenvalue weighted by atomic mass is 10.1. The first kappa shape index (κ1) is 13.8. The fourth-order valence-corrected chi connectivity index (χ4v) is 1.62. The Morgan fingerprint density at radius 1 is 1.17 bits per heavy atom. The number of hydrogen-bond donors (Lipinski definition) is 2. The van der Waals surface area contributed by atoms with Crippen LogP contribution < -0.4 is 0 Å². The van der Waals surface area contributed by atoms with Crippen LogP contribution in [0.25, 0.3) is 10.9 Å². The van der Waals surface area contributed by atoms with Gasteiger partial charge in [-0.1, -0.05) is 13.8 Å². The Bertz CT molecular complexity index is 571. The zero-order valence-corrected chi connectivity index (χ0v) is 10.3. The third-order valence-corrected chi connectivity index (χ3v) is 2.32. The summed E-state index contributed by atoms with van der Waals surface area (Å²) in [6, 6.07) is 6.30. The van der Waals surface area contributed by atoms with Gasteiger partial charge in [0.2, 0.25) is 0 Å². The molecular formula is C13H15NO4. The van der Waals surface area contributed by atoms with Gasteiger partial charge in [-0.25, -0.2) is 4.79 Å². The zero-order valence-electron chi connectivity index (χ0n) is 10.3. The van der Waals surface area contributed by atoms with Gasteiger partial charge in [0.05, 0.1) is 5.56 Å². The second-order valence-electron chi connectivity index (χ2n) is 3.42. The maximum Gasteiger partial charge on any atom is 0.335 e. The van der Waals surface area contributed by atoms with Gasteiger partial charge in [0.1, 0.15) is 6.54 Å². The third-order valence-electron chi connectivity index (χ3n) is 2.32. The minimum atomic E-state index is -0.993. The molecule has 96 valence electrons. The average Bonchev–Trinajstić information content (AvgIpc) is 2.73. The molecule has 0 aliphatic heterocycles. The molecule has 0 amide bonds. The smallest absolute Gasteiger partial charge is 0.335 e. The summed E-state index contributed by atoms with van der Waals surface area (Å²) in [5, 5.41) is 18.2. The van der Waals surface area contributed by atoms with Crippen LogP contribution in [-0.4, -0.2) is 26.7 Å². The van der Waals surface area contributed by atoms with Crippen LogP contribution in [0.3, 0.4) is 0 Å². The molecule has 5 nitrogen and oxygen atoms in total. The summed E-state index contributed by atoms with van der Waals surface area (Å²) in [6.07, 6.45) is 1.63. The molecule has 0 aliphatic carbocycles. The largest absolute Gasteiger partial charge is 0.480 e. The summed E-state index contributed by atoms with van der Waals surface area (Å²) in [6.45, 7) is 3.87. The van der Waals surface area contributed by atoms with Crippen molar-refractivity contribution in [2.45, 2.75) is 20.4 Å². The Hall–Kier alpha value is -2.30. The SMILES string of the molecule is CC.O=C(O)Cn1ccc2cc(C(=O)O)ccc21. The predicted octanol–water partition coefficient (Wildman–Crippen LogP) is 2.45. The zero-order chi connectivity index (χ0) is 13.7. The van der Waals surface area contributed by atoms with Gasteiger partial charge in [0.25, 0.3) is 0 Å². The van der Waals surface area contributed by atoms with E-state index in [0.29, 0.717) is 5.52 Å². The summed E-state index contributed by atoms with van der Waals surface area (Å²) in [4.78, 5) is 21.3. The molecule has 0 aliphatic rings. The van der Waals surface area contributed by atoms with Crippen molar-refractivity contribution in [2.24, 2.45) is 0 Å². The first-order valence-electron chi connectivity index (χ1n) is 5.62. The number of carbonyl (C=O) groups is 2. The van der Waals surface area contributed by atoms with Gasteiger partial charge in [-0.2, -0.15) is 0 Å². The quantitative estimate of drug-likeness (QED) is 0.875. The highest BCUT2D eigenvalue weighted by molar-refractivity contribution is 5.93. The van der Waals surface area contributed by atoms with E-state index in [1.54, 1.807) is 22.9 Å². The number of fused-ring (bicyclic) bond motifs is 1. The van der Waals surface area contributed by atoms with Crippen molar-refractivity contribution < 1.29 is 19.8 Å². The van der Waals surface area contributed by atoms with Crippen LogP contribution in [0.15, 0.2) is 30.5 Å². The summed E-state index contributed by atoms with van der Waals surface area (Å²) in [5.74, 6) is -1.92. The highest BCUT2D eigenvalue weighted by Gasteiger charge is 2.07. The molecule has 0 radical (unpaired) electrons. The van der Waals surface area contributed by atoms with Crippen LogP contribution in [0.1, 0.15) is 24.2 Å². The van der Waals surface area contributed by atoms with Gasteiger partial charge < -0.3 is 14.8 Å². The third kappa shape index (κ3) is 2.88. The molecule has 0 spiro atoms. The van der Waals surface area contributed by atoms with Gasteiger partial charge >= 0.3 is 11.9 Å². The van der Waals surface area contributed by atoms with Gasteiger partial charge in [0.15, 0.2) is 0 Å². The minimum absolute atomic E-state index is 0.129. The molecule has 0 atom stereocenters. The number of carboxylic acid groups (broad SMARTS) is 2. The van der Waals surface area contributed by atoms with Crippen molar-refractivity contribution in [3.8, 4) is 0 Å². The number of nitrogens with zero attached hydrogens (tertiary/aromatic N) is 1. The van der Waals surface area contributed by atoms with Crippen molar-refractivity contribution >= 4 is 22.8 Å². The van der Waals surface area contributed by atoms with E-state index in [1.807, 2.05) is 13.8 Å².